The standard InChI is InChI=1S/C15H12Br2O2/c1-9-7-12(4-5-13(9)16)19-15-6-3-11(10(2)18)8-14(15)17/h3-8H,1-2H3. The van der Waals surface area contributed by atoms with Crippen LogP contribution in [0.2, 0.25) is 0 Å². The van der Waals surface area contributed by atoms with Gasteiger partial charge in [-0.2, -0.15) is 0 Å². The molecule has 0 unspecified atom stereocenters. The molecule has 4 heteroatoms. The minimum atomic E-state index is 0.0340. The second kappa shape index (κ2) is 5.88. The van der Waals surface area contributed by atoms with Crippen LogP contribution in [0.15, 0.2) is 45.3 Å². The molecule has 0 spiro atoms. The molecule has 0 heterocycles. The van der Waals surface area contributed by atoms with E-state index in [9.17, 15) is 4.79 Å². The van der Waals surface area contributed by atoms with Crippen LogP contribution in [0.3, 0.4) is 0 Å². The summed E-state index contributed by atoms with van der Waals surface area (Å²) in [6.07, 6.45) is 0. The molecule has 0 saturated carbocycles. The summed E-state index contributed by atoms with van der Waals surface area (Å²) in [5.74, 6) is 1.48. The predicted octanol–water partition coefficient (Wildman–Crippen LogP) is 5.51. The number of carbonyl (C=O) groups is 1. The first-order valence-electron chi connectivity index (χ1n) is 5.72. The summed E-state index contributed by atoms with van der Waals surface area (Å²) in [7, 11) is 0. The minimum absolute atomic E-state index is 0.0340. The van der Waals surface area contributed by atoms with Crippen molar-refractivity contribution in [1.29, 1.82) is 0 Å². The number of hydrogen-bond acceptors (Lipinski definition) is 2. The first kappa shape index (κ1) is 14.3. The van der Waals surface area contributed by atoms with Gasteiger partial charge in [-0.1, -0.05) is 15.9 Å². The van der Waals surface area contributed by atoms with Gasteiger partial charge in [-0.25, -0.2) is 0 Å². The second-order valence-corrected chi connectivity index (χ2v) is 5.92. The summed E-state index contributed by atoms with van der Waals surface area (Å²) in [4.78, 5) is 11.3. The molecule has 2 rings (SSSR count). The van der Waals surface area contributed by atoms with E-state index in [1.807, 2.05) is 25.1 Å². The predicted molar refractivity (Wildman–Crippen MR) is 83.1 cm³/mol. The summed E-state index contributed by atoms with van der Waals surface area (Å²) < 4.78 is 7.61. The number of rotatable bonds is 3. The van der Waals surface area contributed by atoms with E-state index in [1.54, 1.807) is 25.1 Å². The maximum Gasteiger partial charge on any atom is 0.159 e. The Bertz CT molecular complexity index is 636. The fraction of sp³-hybridized carbons (Fsp3) is 0.133. The van der Waals surface area contributed by atoms with Gasteiger partial charge >= 0.3 is 0 Å². The molecular formula is C15H12Br2O2. The van der Waals surface area contributed by atoms with E-state index in [0.29, 0.717) is 11.3 Å². The van der Waals surface area contributed by atoms with Crippen molar-refractivity contribution < 1.29 is 9.53 Å². The van der Waals surface area contributed by atoms with Gasteiger partial charge in [-0.3, -0.25) is 4.79 Å². The van der Waals surface area contributed by atoms with Crippen molar-refractivity contribution in [3.63, 3.8) is 0 Å². The van der Waals surface area contributed by atoms with Crippen LogP contribution in [0.4, 0.5) is 0 Å². The van der Waals surface area contributed by atoms with Crippen molar-refractivity contribution in [1.82, 2.24) is 0 Å². The molecule has 0 atom stereocenters. The molecule has 2 nitrogen and oxygen atoms in total. The van der Waals surface area contributed by atoms with Gasteiger partial charge in [0.25, 0.3) is 0 Å². The highest BCUT2D eigenvalue weighted by molar-refractivity contribution is 9.10. The fourth-order valence-electron chi connectivity index (χ4n) is 1.61. The van der Waals surface area contributed by atoms with E-state index in [0.717, 1.165) is 20.3 Å². The lowest BCUT2D eigenvalue weighted by Crippen LogP contribution is -1.93. The van der Waals surface area contributed by atoms with Crippen LogP contribution in [-0.2, 0) is 0 Å². The summed E-state index contributed by atoms with van der Waals surface area (Å²) >= 11 is 6.87. The molecule has 0 amide bonds. The lowest BCUT2D eigenvalue weighted by atomic mass is 10.1. The average Bonchev–Trinajstić information content (AvgIpc) is 2.36. The van der Waals surface area contributed by atoms with Crippen molar-refractivity contribution in [3.05, 3.63) is 56.5 Å². The number of Topliss-reactive ketones (excluding diaryl/α,β-unsaturated/α-hetero) is 1. The van der Waals surface area contributed by atoms with Crippen LogP contribution in [0.5, 0.6) is 11.5 Å². The van der Waals surface area contributed by atoms with E-state index in [-0.39, 0.29) is 5.78 Å². The highest BCUT2D eigenvalue weighted by Gasteiger charge is 2.07. The zero-order valence-corrected chi connectivity index (χ0v) is 13.7. The summed E-state index contributed by atoms with van der Waals surface area (Å²) in [5, 5.41) is 0. The Balaban J connectivity index is 2.28. The Morgan fingerprint density at radius 3 is 2.37 bits per heavy atom. The molecule has 98 valence electrons. The zero-order valence-electron chi connectivity index (χ0n) is 10.5. The highest BCUT2D eigenvalue weighted by Crippen LogP contribution is 2.32. The van der Waals surface area contributed by atoms with Crippen molar-refractivity contribution in [3.8, 4) is 11.5 Å². The Kier molecular flexibility index (Phi) is 4.42. The summed E-state index contributed by atoms with van der Waals surface area (Å²) in [6, 6.07) is 11.1. The average molecular weight is 384 g/mol. The first-order chi connectivity index (χ1) is 8.97. The molecule has 0 N–H and O–H groups in total. The molecular weight excluding hydrogens is 372 g/mol. The van der Waals surface area contributed by atoms with Crippen LogP contribution in [0.25, 0.3) is 0 Å². The Hall–Kier alpha value is -1.13. The summed E-state index contributed by atoms with van der Waals surface area (Å²) in [5.41, 5.74) is 1.76. The monoisotopic (exact) mass is 382 g/mol. The molecule has 2 aromatic rings. The second-order valence-electron chi connectivity index (χ2n) is 4.21. The van der Waals surface area contributed by atoms with Crippen LogP contribution < -0.4 is 4.74 Å². The first-order valence-corrected chi connectivity index (χ1v) is 7.30. The molecule has 0 aliphatic carbocycles. The third kappa shape index (κ3) is 3.45. The Labute approximate surface area is 129 Å². The van der Waals surface area contributed by atoms with Gasteiger partial charge in [0.05, 0.1) is 4.47 Å². The van der Waals surface area contributed by atoms with Crippen LogP contribution in [0, 0.1) is 6.92 Å². The largest absolute Gasteiger partial charge is 0.456 e. The number of carbonyl (C=O) groups excluding carboxylic acids is 1. The van der Waals surface area contributed by atoms with E-state index < -0.39 is 0 Å². The molecule has 0 saturated heterocycles. The van der Waals surface area contributed by atoms with Gasteiger partial charge in [-0.15, -0.1) is 0 Å². The SMILES string of the molecule is CC(=O)c1ccc(Oc2ccc(Br)c(C)c2)c(Br)c1. The van der Waals surface area contributed by atoms with Gasteiger partial charge in [0.15, 0.2) is 5.78 Å². The Morgan fingerprint density at radius 1 is 1.05 bits per heavy atom. The number of hydrogen-bond donors (Lipinski definition) is 0. The van der Waals surface area contributed by atoms with Crippen LogP contribution >= 0.6 is 31.9 Å². The van der Waals surface area contributed by atoms with Crippen molar-refractivity contribution in [2.75, 3.05) is 0 Å². The minimum Gasteiger partial charge on any atom is -0.456 e. The van der Waals surface area contributed by atoms with Crippen molar-refractivity contribution in [2.45, 2.75) is 13.8 Å². The smallest absolute Gasteiger partial charge is 0.159 e. The van der Waals surface area contributed by atoms with Crippen molar-refractivity contribution in [2.24, 2.45) is 0 Å². The van der Waals surface area contributed by atoms with Crippen LogP contribution in [-0.4, -0.2) is 5.78 Å². The van der Waals surface area contributed by atoms with Gasteiger partial charge in [-0.05, 0) is 71.7 Å². The number of benzene rings is 2. The maximum absolute atomic E-state index is 11.3. The number of aryl methyl sites for hydroxylation is 1. The molecule has 0 aromatic heterocycles. The van der Waals surface area contributed by atoms with E-state index in [2.05, 4.69) is 31.9 Å². The van der Waals surface area contributed by atoms with Crippen molar-refractivity contribution >= 4 is 37.6 Å². The quantitative estimate of drug-likeness (QED) is 0.652. The topological polar surface area (TPSA) is 26.3 Å². The molecule has 0 aliphatic heterocycles. The van der Waals surface area contributed by atoms with Gasteiger partial charge in [0.2, 0.25) is 0 Å². The van der Waals surface area contributed by atoms with Gasteiger partial charge < -0.3 is 4.74 Å². The number of halogens is 2. The Morgan fingerprint density at radius 2 is 1.79 bits per heavy atom. The summed E-state index contributed by atoms with van der Waals surface area (Å²) in [6.45, 7) is 3.55. The molecule has 2 aromatic carbocycles. The molecule has 0 radical (unpaired) electrons. The normalized spacial score (nSPS) is 10.3. The fourth-order valence-corrected chi connectivity index (χ4v) is 2.32. The van der Waals surface area contributed by atoms with E-state index in [4.69, 9.17) is 4.74 Å². The van der Waals surface area contributed by atoms with Gasteiger partial charge in [0.1, 0.15) is 11.5 Å². The number of ether oxygens (including phenoxy) is 1. The maximum atomic E-state index is 11.3. The lowest BCUT2D eigenvalue weighted by molar-refractivity contribution is 0.101. The van der Waals surface area contributed by atoms with Crippen LogP contribution in [0.1, 0.15) is 22.8 Å². The third-order valence-electron chi connectivity index (χ3n) is 2.70. The molecule has 19 heavy (non-hydrogen) atoms. The van der Waals surface area contributed by atoms with Gasteiger partial charge in [0, 0.05) is 10.0 Å². The zero-order chi connectivity index (χ0) is 14.0. The molecule has 0 aliphatic rings. The van der Waals surface area contributed by atoms with E-state index >= 15 is 0 Å². The third-order valence-corrected chi connectivity index (χ3v) is 4.21. The highest BCUT2D eigenvalue weighted by atomic mass is 79.9. The lowest BCUT2D eigenvalue weighted by Gasteiger charge is -2.10. The molecule has 0 fully saturated rings. The number of ketones is 1. The van der Waals surface area contributed by atoms with E-state index in [1.165, 1.54) is 0 Å². The molecule has 0 bridgehead atoms.